The lowest BCUT2D eigenvalue weighted by Gasteiger charge is -2.07. The summed E-state index contributed by atoms with van der Waals surface area (Å²) in [7, 11) is 0. The quantitative estimate of drug-likeness (QED) is 0.780. The van der Waals surface area contributed by atoms with E-state index in [1.807, 2.05) is 0 Å². The number of pyridine rings is 1. The second-order valence-electron chi connectivity index (χ2n) is 3.38. The van der Waals surface area contributed by atoms with Gasteiger partial charge in [0, 0.05) is 17.6 Å². The molecule has 0 atom stereocenters. The monoisotopic (exact) mass is 208 g/mol. The Bertz CT molecular complexity index is 523. The van der Waals surface area contributed by atoms with Crippen LogP contribution in [0.2, 0.25) is 0 Å². The van der Waals surface area contributed by atoms with Crippen molar-refractivity contribution in [2.75, 3.05) is 0 Å². The molecule has 2 rings (SSSR count). The molecule has 0 fully saturated rings. The summed E-state index contributed by atoms with van der Waals surface area (Å²) < 4.78 is 26.9. The summed E-state index contributed by atoms with van der Waals surface area (Å²) >= 11 is 0. The molecule has 0 aliphatic heterocycles. The number of halogens is 2. The van der Waals surface area contributed by atoms with E-state index in [9.17, 15) is 8.78 Å². The Balaban J connectivity index is 2.95. The standard InChI is InChI=1S/C11H10F2N2/c1-6-4-7(5-14)10-8(12)2-3-9(13)11(10)15-6/h2-4H,5,14H2,1H3. The van der Waals surface area contributed by atoms with Crippen molar-refractivity contribution in [2.24, 2.45) is 5.73 Å². The Labute approximate surface area is 85.7 Å². The van der Waals surface area contributed by atoms with Crippen LogP contribution in [0.3, 0.4) is 0 Å². The van der Waals surface area contributed by atoms with Gasteiger partial charge in [0.1, 0.15) is 17.2 Å². The fourth-order valence-electron chi connectivity index (χ4n) is 1.65. The van der Waals surface area contributed by atoms with E-state index in [0.717, 1.165) is 12.1 Å². The third-order valence-electron chi connectivity index (χ3n) is 2.29. The first-order valence-electron chi connectivity index (χ1n) is 4.58. The summed E-state index contributed by atoms with van der Waals surface area (Å²) in [4.78, 5) is 3.97. The fraction of sp³-hybridized carbons (Fsp3) is 0.182. The van der Waals surface area contributed by atoms with Gasteiger partial charge in [-0.1, -0.05) is 0 Å². The first kappa shape index (κ1) is 9.98. The second kappa shape index (κ2) is 3.55. The van der Waals surface area contributed by atoms with Gasteiger partial charge in [0.15, 0.2) is 0 Å². The van der Waals surface area contributed by atoms with Crippen LogP contribution in [0.4, 0.5) is 8.78 Å². The SMILES string of the molecule is Cc1cc(CN)c2c(F)ccc(F)c2n1. The molecule has 0 amide bonds. The van der Waals surface area contributed by atoms with Crippen molar-refractivity contribution in [2.45, 2.75) is 13.5 Å². The van der Waals surface area contributed by atoms with Gasteiger partial charge < -0.3 is 5.73 Å². The van der Waals surface area contributed by atoms with Crippen LogP contribution in [0.15, 0.2) is 18.2 Å². The molecule has 0 spiro atoms. The average molecular weight is 208 g/mol. The predicted molar refractivity (Wildman–Crippen MR) is 54.3 cm³/mol. The lowest BCUT2D eigenvalue weighted by atomic mass is 10.1. The minimum atomic E-state index is -0.523. The number of hydrogen-bond acceptors (Lipinski definition) is 2. The molecule has 1 aromatic heterocycles. The lowest BCUT2D eigenvalue weighted by molar-refractivity contribution is 0.614. The highest BCUT2D eigenvalue weighted by Crippen LogP contribution is 2.23. The van der Waals surface area contributed by atoms with E-state index in [-0.39, 0.29) is 17.4 Å². The van der Waals surface area contributed by atoms with E-state index in [2.05, 4.69) is 4.98 Å². The van der Waals surface area contributed by atoms with Crippen LogP contribution in [0.5, 0.6) is 0 Å². The molecule has 0 bridgehead atoms. The maximum Gasteiger partial charge on any atom is 0.149 e. The number of aromatic nitrogens is 1. The molecule has 2 aromatic rings. The summed E-state index contributed by atoms with van der Waals surface area (Å²) in [6.07, 6.45) is 0. The van der Waals surface area contributed by atoms with Crippen LogP contribution in [0.25, 0.3) is 10.9 Å². The molecule has 0 saturated carbocycles. The van der Waals surface area contributed by atoms with Crippen molar-refractivity contribution in [1.82, 2.24) is 4.98 Å². The smallest absolute Gasteiger partial charge is 0.149 e. The number of fused-ring (bicyclic) bond motifs is 1. The third-order valence-corrected chi connectivity index (χ3v) is 2.29. The molecule has 2 nitrogen and oxygen atoms in total. The molecule has 2 N–H and O–H groups in total. The summed E-state index contributed by atoms with van der Waals surface area (Å²) in [6, 6.07) is 3.84. The Morgan fingerprint density at radius 3 is 2.60 bits per heavy atom. The summed E-state index contributed by atoms with van der Waals surface area (Å²) in [5, 5.41) is 0.183. The molecule has 0 unspecified atom stereocenters. The normalized spacial score (nSPS) is 10.9. The molecule has 0 aliphatic carbocycles. The number of aryl methyl sites for hydroxylation is 1. The maximum atomic E-state index is 13.5. The van der Waals surface area contributed by atoms with Gasteiger partial charge >= 0.3 is 0 Å². The number of nitrogens with two attached hydrogens (primary N) is 1. The minimum absolute atomic E-state index is 0.0513. The molecule has 0 aliphatic rings. The summed E-state index contributed by atoms with van der Waals surface area (Å²) in [5.41, 5.74) is 6.75. The molecular weight excluding hydrogens is 198 g/mol. The molecule has 1 heterocycles. The largest absolute Gasteiger partial charge is 0.326 e. The topological polar surface area (TPSA) is 38.9 Å². The number of rotatable bonds is 1. The minimum Gasteiger partial charge on any atom is -0.326 e. The van der Waals surface area contributed by atoms with Gasteiger partial charge in [0.05, 0.1) is 0 Å². The molecule has 15 heavy (non-hydrogen) atoms. The summed E-state index contributed by atoms with van der Waals surface area (Å²) in [6.45, 7) is 1.89. The van der Waals surface area contributed by atoms with Gasteiger partial charge in [-0.3, -0.25) is 0 Å². The molecular formula is C11H10F2N2. The zero-order valence-electron chi connectivity index (χ0n) is 8.22. The van der Waals surface area contributed by atoms with Gasteiger partial charge in [-0.15, -0.1) is 0 Å². The number of nitrogens with zero attached hydrogens (tertiary/aromatic N) is 1. The van der Waals surface area contributed by atoms with E-state index in [4.69, 9.17) is 5.73 Å². The van der Waals surface area contributed by atoms with E-state index >= 15 is 0 Å². The Morgan fingerprint density at radius 1 is 1.27 bits per heavy atom. The maximum absolute atomic E-state index is 13.5. The molecule has 1 aromatic carbocycles. The third kappa shape index (κ3) is 1.57. The van der Waals surface area contributed by atoms with Crippen molar-refractivity contribution in [3.63, 3.8) is 0 Å². The first-order valence-corrected chi connectivity index (χ1v) is 4.58. The van der Waals surface area contributed by atoms with Gasteiger partial charge in [-0.25, -0.2) is 13.8 Å². The molecule has 0 saturated heterocycles. The summed E-state index contributed by atoms with van der Waals surface area (Å²) in [5.74, 6) is -1.01. The van der Waals surface area contributed by atoms with Gasteiger partial charge in [-0.05, 0) is 30.7 Å². The van der Waals surface area contributed by atoms with Crippen molar-refractivity contribution in [1.29, 1.82) is 0 Å². The fourth-order valence-corrected chi connectivity index (χ4v) is 1.65. The van der Waals surface area contributed by atoms with Crippen molar-refractivity contribution < 1.29 is 8.78 Å². The van der Waals surface area contributed by atoms with E-state index < -0.39 is 11.6 Å². The van der Waals surface area contributed by atoms with Gasteiger partial charge in [-0.2, -0.15) is 0 Å². The first-order chi connectivity index (χ1) is 7.13. The average Bonchev–Trinajstić information content (AvgIpc) is 2.22. The molecule has 4 heteroatoms. The molecule has 78 valence electrons. The van der Waals surface area contributed by atoms with Crippen molar-refractivity contribution >= 4 is 10.9 Å². The second-order valence-corrected chi connectivity index (χ2v) is 3.38. The van der Waals surface area contributed by atoms with Crippen LogP contribution >= 0.6 is 0 Å². The molecule has 0 radical (unpaired) electrons. The van der Waals surface area contributed by atoms with Crippen LogP contribution < -0.4 is 5.73 Å². The van der Waals surface area contributed by atoms with Gasteiger partial charge in [0.25, 0.3) is 0 Å². The van der Waals surface area contributed by atoms with E-state index in [0.29, 0.717) is 11.3 Å². The van der Waals surface area contributed by atoms with Crippen molar-refractivity contribution in [3.8, 4) is 0 Å². The predicted octanol–water partition coefficient (Wildman–Crippen LogP) is 2.28. The Kier molecular flexibility index (Phi) is 2.36. The zero-order chi connectivity index (χ0) is 11.0. The number of hydrogen-bond donors (Lipinski definition) is 1. The highest BCUT2D eigenvalue weighted by atomic mass is 19.1. The Morgan fingerprint density at radius 2 is 1.93 bits per heavy atom. The van der Waals surface area contributed by atoms with Crippen LogP contribution in [-0.4, -0.2) is 4.98 Å². The van der Waals surface area contributed by atoms with Crippen molar-refractivity contribution in [3.05, 3.63) is 41.1 Å². The van der Waals surface area contributed by atoms with E-state index in [1.165, 1.54) is 0 Å². The number of benzene rings is 1. The highest BCUT2D eigenvalue weighted by molar-refractivity contribution is 5.83. The highest BCUT2D eigenvalue weighted by Gasteiger charge is 2.11. The zero-order valence-corrected chi connectivity index (χ0v) is 8.22. The van der Waals surface area contributed by atoms with Crippen LogP contribution in [-0.2, 0) is 6.54 Å². The van der Waals surface area contributed by atoms with E-state index in [1.54, 1.807) is 13.0 Å². The van der Waals surface area contributed by atoms with Crippen LogP contribution in [0, 0.1) is 18.6 Å². The lowest BCUT2D eigenvalue weighted by Crippen LogP contribution is -2.02. The Hall–Kier alpha value is -1.55. The van der Waals surface area contributed by atoms with Gasteiger partial charge in [0.2, 0.25) is 0 Å². The van der Waals surface area contributed by atoms with Crippen LogP contribution in [0.1, 0.15) is 11.3 Å².